The lowest BCUT2D eigenvalue weighted by Gasteiger charge is -2.21. The van der Waals surface area contributed by atoms with Crippen molar-refractivity contribution >= 4 is 10.9 Å². The van der Waals surface area contributed by atoms with Crippen molar-refractivity contribution in [1.29, 1.82) is 0 Å². The van der Waals surface area contributed by atoms with Gasteiger partial charge < -0.3 is 9.30 Å². The number of benzene rings is 2. The van der Waals surface area contributed by atoms with Gasteiger partial charge in [-0.3, -0.25) is 4.79 Å². The third-order valence-corrected chi connectivity index (χ3v) is 5.20. The second kappa shape index (κ2) is 8.27. The quantitative estimate of drug-likeness (QED) is 0.361. The van der Waals surface area contributed by atoms with E-state index >= 15 is 0 Å². The summed E-state index contributed by atoms with van der Waals surface area (Å²) < 4.78 is 74.5. The molecule has 4 rings (SSSR count). The molecular formula is C23H16F5N3O2. The van der Waals surface area contributed by atoms with E-state index < -0.39 is 40.9 Å². The van der Waals surface area contributed by atoms with Crippen molar-refractivity contribution in [3.8, 4) is 11.6 Å². The van der Waals surface area contributed by atoms with Gasteiger partial charge in [-0.1, -0.05) is 0 Å². The first-order valence-corrected chi connectivity index (χ1v) is 9.73. The minimum Gasteiger partial charge on any atom is -0.438 e. The van der Waals surface area contributed by atoms with E-state index in [0.717, 1.165) is 24.4 Å². The first kappa shape index (κ1) is 22.4. The van der Waals surface area contributed by atoms with Gasteiger partial charge in [0.2, 0.25) is 5.88 Å². The monoisotopic (exact) mass is 461 g/mol. The van der Waals surface area contributed by atoms with Gasteiger partial charge in [0.05, 0.1) is 23.3 Å². The number of rotatable bonds is 4. The zero-order valence-corrected chi connectivity index (χ0v) is 17.3. The Hall–Kier alpha value is -3.82. The van der Waals surface area contributed by atoms with E-state index in [1.165, 1.54) is 35.2 Å². The molecule has 10 heteroatoms. The maximum absolute atomic E-state index is 14.5. The predicted molar refractivity (Wildman–Crippen MR) is 110 cm³/mol. The van der Waals surface area contributed by atoms with Crippen LogP contribution in [-0.2, 0) is 6.18 Å². The molecule has 0 aliphatic carbocycles. The average Bonchev–Trinajstić information content (AvgIpc) is 2.73. The number of aromatic nitrogens is 3. The first-order chi connectivity index (χ1) is 15.6. The molecule has 2 heterocycles. The van der Waals surface area contributed by atoms with Crippen LogP contribution in [-0.4, -0.2) is 14.5 Å². The molecule has 2 aromatic heterocycles. The molecule has 0 bridgehead atoms. The third kappa shape index (κ3) is 4.28. The van der Waals surface area contributed by atoms with Crippen molar-refractivity contribution in [3.05, 3.63) is 93.7 Å². The number of aryl methyl sites for hydroxylation is 1. The number of halogens is 5. The highest BCUT2D eigenvalue weighted by atomic mass is 19.4. The molecule has 1 atom stereocenters. The summed E-state index contributed by atoms with van der Waals surface area (Å²) in [7, 11) is 0. The fraction of sp³-hybridized carbons (Fsp3) is 0.174. The van der Waals surface area contributed by atoms with Gasteiger partial charge in [-0.2, -0.15) is 18.2 Å². The van der Waals surface area contributed by atoms with Crippen molar-refractivity contribution in [2.75, 3.05) is 0 Å². The summed E-state index contributed by atoms with van der Waals surface area (Å²) in [6, 6.07) is 7.34. The van der Waals surface area contributed by atoms with Crippen LogP contribution in [0.25, 0.3) is 10.9 Å². The molecule has 0 saturated carbocycles. The minimum atomic E-state index is -4.68. The van der Waals surface area contributed by atoms with Crippen LogP contribution >= 0.6 is 0 Å². The summed E-state index contributed by atoms with van der Waals surface area (Å²) in [6.45, 7) is 3.22. The first-order valence-electron chi connectivity index (χ1n) is 9.73. The molecule has 0 fully saturated rings. The van der Waals surface area contributed by atoms with Gasteiger partial charge in [-0.25, -0.2) is 13.8 Å². The summed E-state index contributed by atoms with van der Waals surface area (Å²) >= 11 is 0. The number of hydrogen-bond acceptors (Lipinski definition) is 4. The maximum Gasteiger partial charge on any atom is 0.421 e. The molecule has 33 heavy (non-hydrogen) atoms. The van der Waals surface area contributed by atoms with Crippen molar-refractivity contribution in [3.63, 3.8) is 0 Å². The van der Waals surface area contributed by atoms with E-state index in [0.29, 0.717) is 11.1 Å². The average molecular weight is 461 g/mol. The SMILES string of the molecule is Cc1cc(F)cc(F)c1C(C)n1cnc(=O)c2cc(Oc3ncccc3C(F)(F)F)ccc21. The Morgan fingerprint density at radius 2 is 1.82 bits per heavy atom. The highest BCUT2D eigenvalue weighted by Crippen LogP contribution is 2.37. The van der Waals surface area contributed by atoms with Crippen molar-refractivity contribution in [1.82, 2.24) is 14.5 Å². The molecule has 170 valence electrons. The second-order valence-corrected chi connectivity index (χ2v) is 7.39. The second-order valence-electron chi connectivity index (χ2n) is 7.39. The molecule has 0 aliphatic heterocycles. The van der Waals surface area contributed by atoms with Crippen LogP contribution in [0.2, 0.25) is 0 Å². The van der Waals surface area contributed by atoms with Crippen LogP contribution in [0.3, 0.4) is 0 Å². The molecule has 5 nitrogen and oxygen atoms in total. The van der Waals surface area contributed by atoms with Crippen molar-refractivity contribution in [2.45, 2.75) is 26.1 Å². The van der Waals surface area contributed by atoms with Gasteiger partial charge in [0.15, 0.2) is 0 Å². The van der Waals surface area contributed by atoms with Crippen molar-refractivity contribution < 1.29 is 26.7 Å². The van der Waals surface area contributed by atoms with Gasteiger partial charge in [0.1, 0.15) is 22.9 Å². The van der Waals surface area contributed by atoms with E-state index in [1.807, 2.05) is 0 Å². The van der Waals surface area contributed by atoms with E-state index in [4.69, 9.17) is 4.74 Å². The van der Waals surface area contributed by atoms with Crippen molar-refractivity contribution in [2.24, 2.45) is 0 Å². The van der Waals surface area contributed by atoms with Crippen LogP contribution in [0.1, 0.15) is 29.7 Å². The molecule has 4 aromatic rings. The van der Waals surface area contributed by atoms with Gasteiger partial charge >= 0.3 is 6.18 Å². The topological polar surface area (TPSA) is 57.0 Å². The van der Waals surface area contributed by atoms with Crippen LogP contribution in [0.5, 0.6) is 11.6 Å². The number of nitrogens with zero attached hydrogens (tertiary/aromatic N) is 3. The fourth-order valence-corrected chi connectivity index (χ4v) is 3.71. The molecular weight excluding hydrogens is 445 g/mol. The van der Waals surface area contributed by atoms with Crippen LogP contribution in [0, 0.1) is 18.6 Å². The summed E-state index contributed by atoms with van der Waals surface area (Å²) in [4.78, 5) is 19.8. The lowest BCUT2D eigenvalue weighted by Crippen LogP contribution is -2.17. The molecule has 0 radical (unpaired) electrons. The smallest absolute Gasteiger partial charge is 0.421 e. The Morgan fingerprint density at radius 3 is 2.52 bits per heavy atom. The Kier molecular flexibility index (Phi) is 5.61. The van der Waals surface area contributed by atoms with Gasteiger partial charge in [0, 0.05) is 17.8 Å². The van der Waals surface area contributed by atoms with Crippen LogP contribution < -0.4 is 10.3 Å². The Labute approximate surface area is 184 Å². The Morgan fingerprint density at radius 1 is 1.06 bits per heavy atom. The molecule has 0 aliphatic rings. The number of ether oxygens (including phenoxy) is 1. The zero-order valence-electron chi connectivity index (χ0n) is 17.3. The van der Waals surface area contributed by atoms with Gasteiger partial charge in [0.25, 0.3) is 5.56 Å². The highest BCUT2D eigenvalue weighted by molar-refractivity contribution is 5.80. The van der Waals surface area contributed by atoms with E-state index in [9.17, 15) is 26.7 Å². The minimum absolute atomic E-state index is 0.0477. The Balaban J connectivity index is 1.79. The lowest BCUT2D eigenvalue weighted by molar-refractivity contribution is -0.138. The predicted octanol–water partition coefficient (Wildman–Crippen LogP) is 5.80. The Bertz CT molecular complexity index is 1390. The molecule has 0 amide bonds. The number of fused-ring (bicyclic) bond motifs is 1. The number of alkyl halides is 3. The lowest BCUT2D eigenvalue weighted by atomic mass is 10.0. The summed E-state index contributed by atoms with van der Waals surface area (Å²) in [6.07, 6.45) is -2.29. The van der Waals surface area contributed by atoms with E-state index in [2.05, 4.69) is 9.97 Å². The van der Waals surface area contributed by atoms with Crippen LogP contribution in [0.4, 0.5) is 22.0 Å². The maximum atomic E-state index is 14.5. The summed E-state index contributed by atoms with van der Waals surface area (Å²) in [5.74, 6) is -2.17. The summed E-state index contributed by atoms with van der Waals surface area (Å²) in [5.41, 5.74) is -0.778. The van der Waals surface area contributed by atoms with Gasteiger partial charge in [-0.15, -0.1) is 0 Å². The molecule has 0 saturated heterocycles. The third-order valence-electron chi connectivity index (χ3n) is 5.20. The number of hydrogen-bond donors (Lipinski definition) is 0. The van der Waals surface area contributed by atoms with E-state index in [-0.39, 0.29) is 16.7 Å². The van der Waals surface area contributed by atoms with E-state index in [1.54, 1.807) is 13.8 Å². The standard InChI is InChI=1S/C23H16F5N3O2/c1-12-8-14(24)9-18(25)20(12)13(2)31-11-30-21(32)16-10-15(5-6-19(16)31)33-22-17(23(26,27)28)4-3-7-29-22/h3-11,13H,1-2H3. The normalized spacial score (nSPS) is 12.7. The summed E-state index contributed by atoms with van der Waals surface area (Å²) in [5, 5.41) is 0.0477. The molecule has 0 spiro atoms. The van der Waals surface area contributed by atoms with Gasteiger partial charge in [-0.05, 0) is 55.8 Å². The zero-order chi connectivity index (χ0) is 23.9. The number of pyridine rings is 1. The molecule has 2 aromatic carbocycles. The highest BCUT2D eigenvalue weighted by Gasteiger charge is 2.35. The largest absolute Gasteiger partial charge is 0.438 e. The molecule has 1 unspecified atom stereocenters. The fourth-order valence-electron chi connectivity index (χ4n) is 3.71. The molecule has 0 N–H and O–H groups in total. The van der Waals surface area contributed by atoms with Crippen LogP contribution in [0.15, 0.2) is 59.8 Å².